The SMILES string of the molecule is C=CC(=O)N1CCCCC(n2c(NC(=O)c3ccccc3)nc3cc(OC4CCN(CC)CC4)ccc32)C1. The molecular weight excluding hydrogens is 478 g/mol. The number of carbonyl (C=O) groups is 2. The Balaban J connectivity index is 1.46. The Hall–Kier alpha value is -3.65. The van der Waals surface area contributed by atoms with Gasteiger partial charge in [0.2, 0.25) is 11.9 Å². The summed E-state index contributed by atoms with van der Waals surface area (Å²) in [4.78, 5) is 34.8. The number of anilines is 1. The molecule has 5 rings (SSSR count). The van der Waals surface area contributed by atoms with Crippen molar-refractivity contribution in [3.63, 3.8) is 0 Å². The van der Waals surface area contributed by atoms with Gasteiger partial charge >= 0.3 is 0 Å². The summed E-state index contributed by atoms with van der Waals surface area (Å²) in [6.45, 7) is 10.3. The summed E-state index contributed by atoms with van der Waals surface area (Å²) in [5.74, 6) is 0.998. The molecule has 0 aliphatic carbocycles. The molecule has 8 nitrogen and oxygen atoms in total. The van der Waals surface area contributed by atoms with Gasteiger partial charge in [-0.25, -0.2) is 4.98 Å². The van der Waals surface area contributed by atoms with Crippen LogP contribution in [0.5, 0.6) is 5.75 Å². The fourth-order valence-corrected chi connectivity index (χ4v) is 5.57. The molecule has 1 atom stereocenters. The maximum atomic E-state index is 13.1. The molecule has 1 unspecified atom stereocenters. The zero-order valence-electron chi connectivity index (χ0n) is 22.1. The maximum Gasteiger partial charge on any atom is 0.257 e. The van der Waals surface area contributed by atoms with Crippen LogP contribution in [0, 0.1) is 0 Å². The summed E-state index contributed by atoms with van der Waals surface area (Å²) < 4.78 is 8.45. The summed E-state index contributed by atoms with van der Waals surface area (Å²) in [6.07, 6.45) is 6.38. The number of likely N-dealkylation sites (tertiary alicyclic amines) is 2. The van der Waals surface area contributed by atoms with E-state index in [0.717, 1.165) is 68.5 Å². The van der Waals surface area contributed by atoms with Crippen molar-refractivity contribution in [3.05, 3.63) is 66.7 Å². The van der Waals surface area contributed by atoms with E-state index >= 15 is 0 Å². The van der Waals surface area contributed by atoms with E-state index in [4.69, 9.17) is 9.72 Å². The van der Waals surface area contributed by atoms with E-state index in [-0.39, 0.29) is 24.0 Å². The van der Waals surface area contributed by atoms with Crippen molar-refractivity contribution < 1.29 is 14.3 Å². The van der Waals surface area contributed by atoms with Gasteiger partial charge in [-0.1, -0.05) is 31.7 Å². The van der Waals surface area contributed by atoms with Crippen molar-refractivity contribution in [2.75, 3.05) is 38.0 Å². The van der Waals surface area contributed by atoms with Crippen LogP contribution in [0.4, 0.5) is 5.95 Å². The number of ether oxygens (including phenoxy) is 1. The molecule has 0 saturated carbocycles. The van der Waals surface area contributed by atoms with Crippen LogP contribution in [0.15, 0.2) is 61.2 Å². The molecule has 2 fully saturated rings. The number of imidazole rings is 1. The highest BCUT2D eigenvalue weighted by molar-refractivity contribution is 6.04. The second-order valence-electron chi connectivity index (χ2n) is 10.2. The van der Waals surface area contributed by atoms with Crippen molar-refractivity contribution in [2.45, 2.75) is 51.2 Å². The van der Waals surface area contributed by atoms with Crippen LogP contribution in [-0.2, 0) is 4.79 Å². The van der Waals surface area contributed by atoms with Gasteiger partial charge in [0.15, 0.2) is 0 Å². The van der Waals surface area contributed by atoms with E-state index in [1.54, 1.807) is 12.1 Å². The van der Waals surface area contributed by atoms with Crippen molar-refractivity contribution in [1.29, 1.82) is 0 Å². The number of fused-ring (bicyclic) bond motifs is 1. The molecule has 0 radical (unpaired) electrons. The lowest BCUT2D eigenvalue weighted by atomic mass is 10.1. The molecule has 1 N–H and O–H groups in total. The van der Waals surface area contributed by atoms with Crippen molar-refractivity contribution in [3.8, 4) is 5.75 Å². The number of rotatable bonds is 7. The minimum atomic E-state index is -0.214. The van der Waals surface area contributed by atoms with Gasteiger partial charge in [-0.05, 0) is 69.0 Å². The largest absolute Gasteiger partial charge is 0.490 e. The molecular formula is C30H37N5O3. The van der Waals surface area contributed by atoms with E-state index in [0.29, 0.717) is 24.6 Å². The minimum absolute atomic E-state index is 0.0254. The third kappa shape index (κ3) is 5.75. The lowest BCUT2D eigenvalue weighted by molar-refractivity contribution is -0.126. The van der Waals surface area contributed by atoms with Crippen molar-refractivity contribution in [1.82, 2.24) is 19.4 Å². The Bertz CT molecular complexity index is 1280. The molecule has 2 amide bonds. The molecule has 2 aliphatic rings. The first kappa shape index (κ1) is 26.0. The van der Waals surface area contributed by atoms with Crippen molar-refractivity contribution in [2.24, 2.45) is 0 Å². The molecule has 2 aliphatic heterocycles. The summed E-state index contributed by atoms with van der Waals surface area (Å²) in [6, 6.07) is 15.1. The predicted octanol–water partition coefficient (Wildman–Crippen LogP) is 4.89. The Labute approximate surface area is 224 Å². The molecule has 3 aromatic rings. The smallest absolute Gasteiger partial charge is 0.257 e. The number of nitrogens with one attached hydrogen (secondary N) is 1. The first-order valence-corrected chi connectivity index (χ1v) is 13.7. The third-order valence-corrected chi connectivity index (χ3v) is 7.70. The molecule has 0 bridgehead atoms. The lowest BCUT2D eigenvalue weighted by Crippen LogP contribution is -2.37. The van der Waals surface area contributed by atoms with E-state index in [1.165, 1.54) is 6.08 Å². The quantitative estimate of drug-likeness (QED) is 0.453. The maximum absolute atomic E-state index is 13.1. The van der Waals surface area contributed by atoms with Crippen LogP contribution < -0.4 is 10.1 Å². The summed E-state index contributed by atoms with van der Waals surface area (Å²) in [5, 5.41) is 3.05. The van der Waals surface area contributed by atoms with Crippen LogP contribution in [0.1, 0.15) is 55.4 Å². The van der Waals surface area contributed by atoms with E-state index in [1.807, 2.05) is 41.3 Å². The fourth-order valence-electron chi connectivity index (χ4n) is 5.57. The van der Waals surface area contributed by atoms with Crippen molar-refractivity contribution >= 4 is 28.8 Å². The first-order valence-electron chi connectivity index (χ1n) is 13.7. The average molecular weight is 516 g/mol. The summed E-state index contributed by atoms with van der Waals surface area (Å²) >= 11 is 0. The van der Waals surface area contributed by atoms with Gasteiger partial charge in [0, 0.05) is 37.8 Å². The number of nitrogens with zero attached hydrogens (tertiary/aromatic N) is 4. The van der Waals surface area contributed by atoms with Crippen LogP contribution in [0.3, 0.4) is 0 Å². The number of hydrogen-bond donors (Lipinski definition) is 1. The Kier molecular flexibility index (Phi) is 8.08. The number of hydrogen-bond acceptors (Lipinski definition) is 5. The third-order valence-electron chi connectivity index (χ3n) is 7.70. The molecule has 1 aromatic heterocycles. The van der Waals surface area contributed by atoms with Crippen LogP contribution in [0.2, 0.25) is 0 Å². The fraction of sp³-hybridized carbons (Fsp3) is 0.433. The Morgan fingerprint density at radius 2 is 1.87 bits per heavy atom. The molecule has 2 saturated heterocycles. The minimum Gasteiger partial charge on any atom is -0.490 e. The lowest BCUT2D eigenvalue weighted by Gasteiger charge is -2.31. The summed E-state index contributed by atoms with van der Waals surface area (Å²) in [5.41, 5.74) is 2.25. The zero-order chi connectivity index (χ0) is 26.5. The molecule has 2 aromatic carbocycles. The van der Waals surface area contributed by atoms with Crippen LogP contribution in [0.25, 0.3) is 11.0 Å². The number of carbonyl (C=O) groups excluding carboxylic acids is 2. The van der Waals surface area contributed by atoms with Gasteiger partial charge in [-0.15, -0.1) is 0 Å². The highest BCUT2D eigenvalue weighted by atomic mass is 16.5. The van der Waals surface area contributed by atoms with E-state index in [2.05, 4.69) is 28.3 Å². The van der Waals surface area contributed by atoms with Gasteiger partial charge in [0.05, 0.1) is 17.1 Å². The average Bonchev–Trinajstić information content (AvgIpc) is 3.12. The zero-order valence-corrected chi connectivity index (χ0v) is 22.1. The Morgan fingerprint density at radius 3 is 2.61 bits per heavy atom. The van der Waals surface area contributed by atoms with E-state index < -0.39 is 0 Å². The van der Waals surface area contributed by atoms with Crippen LogP contribution >= 0.6 is 0 Å². The van der Waals surface area contributed by atoms with Gasteiger partial charge in [-0.3, -0.25) is 14.9 Å². The molecule has 200 valence electrons. The Morgan fingerprint density at radius 1 is 1.08 bits per heavy atom. The highest BCUT2D eigenvalue weighted by Gasteiger charge is 2.27. The van der Waals surface area contributed by atoms with Gasteiger partial charge < -0.3 is 19.1 Å². The monoisotopic (exact) mass is 515 g/mol. The second-order valence-corrected chi connectivity index (χ2v) is 10.2. The molecule has 0 spiro atoms. The first-order chi connectivity index (χ1) is 18.6. The topological polar surface area (TPSA) is 79.7 Å². The van der Waals surface area contributed by atoms with Crippen LogP contribution in [-0.4, -0.2) is 70.0 Å². The van der Waals surface area contributed by atoms with E-state index in [9.17, 15) is 9.59 Å². The number of benzene rings is 2. The summed E-state index contributed by atoms with van der Waals surface area (Å²) in [7, 11) is 0. The molecule has 8 heteroatoms. The predicted molar refractivity (Wildman–Crippen MR) is 150 cm³/mol. The standard InChI is InChI=1S/C30H37N5O3/c1-3-28(36)34-17-9-8-12-23(21-34)35-27-14-13-25(38-24-15-18-33(4-2)19-16-24)20-26(27)31-30(35)32-29(37)22-10-6-5-7-11-22/h3,5-7,10-11,13-14,20,23-24H,1,4,8-9,12,15-19,21H2,2H3,(H,31,32,37). The van der Waals surface area contributed by atoms with Gasteiger partial charge in [0.25, 0.3) is 5.91 Å². The highest BCUT2D eigenvalue weighted by Crippen LogP contribution is 2.33. The second kappa shape index (κ2) is 11.8. The molecule has 38 heavy (non-hydrogen) atoms. The molecule has 3 heterocycles. The number of piperidine rings is 1. The number of amides is 2. The normalized spacial score (nSPS) is 19.2. The number of aromatic nitrogens is 2. The van der Waals surface area contributed by atoms with Gasteiger partial charge in [-0.2, -0.15) is 0 Å². The van der Waals surface area contributed by atoms with Gasteiger partial charge in [0.1, 0.15) is 11.9 Å².